The van der Waals surface area contributed by atoms with Crippen molar-refractivity contribution in [3.05, 3.63) is 71.6 Å². The van der Waals surface area contributed by atoms with E-state index in [9.17, 15) is 14.7 Å². The Morgan fingerprint density at radius 1 is 1.28 bits per heavy atom. The number of carbonyl (C=O) groups is 2. The van der Waals surface area contributed by atoms with E-state index in [1.165, 1.54) is 0 Å². The Balaban J connectivity index is 1.52. The lowest BCUT2D eigenvalue weighted by Gasteiger charge is -2.58. The van der Waals surface area contributed by atoms with E-state index in [0.29, 0.717) is 6.54 Å². The van der Waals surface area contributed by atoms with Gasteiger partial charge in [-0.3, -0.25) is 14.6 Å². The maximum atomic E-state index is 12.8. The molecular formula is C23H25N3O3. The number of aliphatic hydroxyl groups excluding tert-OH is 1. The van der Waals surface area contributed by atoms with Crippen molar-refractivity contribution in [2.45, 2.75) is 31.3 Å². The number of pyridine rings is 1. The zero-order chi connectivity index (χ0) is 20.4. The van der Waals surface area contributed by atoms with Gasteiger partial charge in [0.25, 0.3) is 0 Å². The summed E-state index contributed by atoms with van der Waals surface area (Å²) in [4.78, 5) is 32.9. The molecule has 0 saturated carbocycles. The molecule has 2 aliphatic heterocycles. The van der Waals surface area contributed by atoms with Crippen LogP contribution in [0, 0.1) is 0 Å². The minimum atomic E-state index is -0.226. The molecule has 1 aromatic heterocycles. The van der Waals surface area contributed by atoms with Crippen LogP contribution < -0.4 is 0 Å². The van der Waals surface area contributed by atoms with E-state index in [0.717, 1.165) is 16.7 Å². The summed E-state index contributed by atoms with van der Waals surface area (Å²) in [5.74, 6) is -0.139. The molecule has 3 atom stereocenters. The lowest BCUT2D eigenvalue weighted by atomic mass is 9.73. The molecule has 2 amide bonds. The largest absolute Gasteiger partial charge is 0.394 e. The average molecular weight is 391 g/mol. The molecule has 6 nitrogen and oxygen atoms in total. The SMILES string of the molecule is C/C=C/c1ccc([C@H]2[C@H]3CN(C(=O)Cc4cccnc4)CC(=O)N3[C@H]2CO)cc1. The minimum Gasteiger partial charge on any atom is -0.394 e. The van der Waals surface area contributed by atoms with Gasteiger partial charge < -0.3 is 14.9 Å². The fourth-order valence-corrected chi connectivity index (χ4v) is 4.50. The van der Waals surface area contributed by atoms with Crippen molar-refractivity contribution in [1.29, 1.82) is 0 Å². The zero-order valence-corrected chi connectivity index (χ0v) is 16.4. The van der Waals surface area contributed by atoms with Gasteiger partial charge in [-0.2, -0.15) is 0 Å². The highest BCUT2D eigenvalue weighted by atomic mass is 16.3. The standard InChI is InChI=1S/C23H25N3O3/c1-2-4-16-6-8-18(9-7-16)23-19-13-25(14-22(29)26(19)20(23)15-27)21(28)11-17-5-3-10-24-12-17/h2-10,12,19-20,23,27H,11,13-15H2,1H3/b4-2+/t19-,20+,23+/m1/s1. The second kappa shape index (κ2) is 8.17. The van der Waals surface area contributed by atoms with Gasteiger partial charge in [-0.05, 0) is 29.7 Å². The number of hydrogen-bond acceptors (Lipinski definition) is 4. The number of amides is 2. The van der Waals surface area contributed by atoms with Gasteiger partial charge in [0.1, 0.15) is 0 Å². The van der Waals surface area contributed by atoms with E-state index in [-0.39, 0.29) is 49.4 Å². The second-order valence-electron chi connectivity index (χ2n) is 7.62. The van der Waals surface area contributed by atoms with Crippen LogP contribution in [0.3, 0.4) is 0 Å². The number of benzene rings is 1. The van der Waals surface area contributed by atoms with Crippen molar-refractivity contribution in [3.8, 4) is 0 Å². The van der Waals surface area contributed by atoms with Crippen LogP contribution in [0.2, 0.25) is 0 Å². The van der Waals surface area contributed by atoms with Gasteiger partial charge in [-0.15, -0.1) is 0 Å². The summed E-state index contributed by atoms with van der Waals surface area (Å²) in [6.45, 7) is 2.46. The van der Waals surface area contributed by atoms with Crippen LogP contribution in [0.15, 0.2) is 54.9 Å². The van der Waals surface area contributed by atoms with E-state index in [1.807, 2.05) is 37.3 Å². The fraction of sp³-hybridized carbons (Fsp3) is 0.348. The number of piperazine rings is 1. The molecule has 2 fully saturated rings. The van der Waals surface area contributed by atoms with Crippen LogP contribution in [0.25, 0.3) is 6.08 Å². The Bertz CT molecular complexity index is 911. The monoisotopic (exact) mass is 391 g/mol. The van der Waals surface area contributed by atoms with E-state index in [2.05, 4.69) is 17.1 Å². The molecule has 2 aliphatic rings. The van der Waals surface area contributed by atoms with Crippen LogP contribution in [0.5, 0.6) is 0 Å². The van der Waals surface area contributed by atoms with Crippen LogP contribution in [0.1, 0.15) is 29.5 Å². The Kier molecular flexibility index (Phi) is 5.45. The molecule has 29 heavy (non-hydrogen) atoms. The summed E-state index contributed by atoms with van der Waals surface area (Å²) < 4.78 is 0. The summed E-state index contributed by atoms with van der Waals surface area (Å²) in [5.41, 5.74) is 3.04. The number of aliphatic hydroxyl groups is 1. The average Bonchev–Trinajstić information content (AvgIpc) is 2.71. The van der Waals surface area contributed by atoms with Gasteiger partial charge in [-0.1, -0.05) is 42.5 Å². The first-order chi connectivity index (χ1) is 14.1. The van der Waals surface area contributed by atoms with E-state index in [4.69, 9.17) is 0 Å². The highest BCUT2D eigenvalue weighted by Crippen LogP contribution is 2.43. The smallest absolute Gasteiger partial charge is 0.242 e. The topological polar surface area (TPSA) is 73.7 Å². The first-order valence-electron chi connectivity index (χ1n) is 9.93. The molecule has 0 radical (unpaired) electrons. The number of nitrogens with zero attached hydrogens (tertiary/aromatic N) is 3. The number of carbonyl (C=O) groups excluding carboxylic acids is 2. The summed E-state index contributed by atoms with van der Waals surface area (Å²) in [6.07, 6.45) is 7.60. The summed E-state index contributed by atoms with van der Waals surface area (Å²) >= 11 is 0. The number of aromatic nitrogens is 1. The van der Waals surface area contributed by atoms with Crippen LogP contribution in [-0.2, 0) is 16.0 Å². The quantitative estimate of drug-likeness (QED) is 0.844. The highest BCUT2D eigenvalue weighted by molar-refractivity contribution is 5.88. The number of allylic oxidation sites excluding steroid dienone is 1. The van der Waals surface area contributed by atoms with Gasteiger partial charge in [0, 0.05) is 24.9 Å². The molecule has 4 rings (SSSR count). The van der Waals surface area contributed by atoms with Crippen molar-refractivity contribution in [2.75, 3.05) is 19.7 Å². The van der Waals surface area contributed by atoms with Crippen LogP contribution in [-0.4, -0.2) is 63.5 Å². The Morgan fingerprint density at radius 3 is 2.72 bits per heavy atom. The van der Waals surface area contributed by atoms with E-state index >= 15 is 0 Å². The lowest BCUT2D eigenvalue weighted by Crippen LogP contribution is -2.73. The molecule has 0 bridgehead atoms. The third-order valence-electron chi connectivity index (χ3n) is 5.86. The van der Waals surface area contributed by atoms with E-state index < -0.39 is 0 Å². The van der Waals surface area contributed by atoms with Crippen LogP contribution in [0.4, 0.5) is 0 Å². The Labute approximate surface area is 170 Å². The molecule has 2 saturated heterocycles. The summed E-state index contributed by atoms with van der Waals surface area (Å²) in [5, 5.41) is 9.89. The molecule has 0 spiro atoms. The molecular weight excluding hydrogens is 366 g/mol. The van der Waals surface area contributed by atoms with Gasteiger partial charge in [0.2, 0.25) is 11.8 Å². The zero-order valence-electron chi connectivity index (χ0n) is 16.4. The van der Waals surface area contributed by atoms with Crippen molar-refractivity contribution in [2.24, 2.45) is 0 Å². The molecule has 0 aliphatic carbocycles. The lowest BCUT2D eigenvalue weighted by molar-refractivity contribution is -0.166. The molecule has 1 aromatic carbocycles. The van der Waals surface area contributed by atoms with Gasteiger partial charge in [0.05, 0.1) is 31.7 Å². The molecule has 2 aromatic rings. The molecule has 3 heterocycles. The third kappa shape index (κ3) is 3.68. The predicted molar refractivity (Wildman–Crippen MR) is 110 cm³/mol. The van der Waals surface area contributed by atoms with Crippen molar-refractivity contribution < 1.29 is 14.7 Å². The maximum Gasteiger partial charge on any atom is 0.242 e. The summed E-state index contributed by atoms with van der Waals surface area (Å²) in [6, 6.07) is 11.5. The third-order valence-corrected chi connectivity index (χ3v) is 5.86. The molecule has 6 heteroatoms. The first-order valence-corrected chi connectivity index (χ1v) is 9.93. The summed E-state index contributed by atoms with van der Waals surface area (Å²) in [7, 11) is 0. The second-order valence-corrected chi connectivity index (χ2v) is 7.62. The van der Waals surface area contributed by atoms with Crippen molar-refractivity contribution in [3.63, 3.8) is 0 Å². The van der Waals surface area contributed by atoms with Gasteiger partial charge >= 0.3 is 0 Å². The van der Waals surface area contributed by atoms with Gasteiger partial charge in [-0.25, -0.2) is 0 Å². The van der Waals surface area contributed by atoms with Crippen molar-refractivity contribution >= 4 is 17.9 Å². The molecule has 150 valence electrons. The predicted octanol–water partition coefficient (Wildman–Crippen LogP) is 1.85. The number of rotatable bonds is 5. The maximum absolute atomic E-state index is 12.8. The Morgan fingerprint density at radius 2 is 2.07 bits per heavy atom. The normalized spacial score (nSPS) is 23.8. The highest BCUT2D eigenvalue weighted by Gasteiger charge is 2.54. The Hall–Kier alpha value is -2.99. The number of fused-ring (bicyclic) bond motifs is 1. The molecule has 1 N–H and O–H groups in total. The number of hydrogen-bond donors (Lipinski definition) is 1. The van der Waals surface area contributed by atoms with Gasteiger partial charge in [0.15, 0.2) is 0 Å². The van der Waals surface area contributed by atoms with Crippen molar-refractivity contribution in [1.82, 2.24) is 14.8 Å². The first kappa shape index (κ1) is 19.3. The molecule has 0 unspecified atom stereocenters. The van der Waals surface area contributed by atoms with E-state index in [1.54, 1.807) is 28.3 Å². The fourth-order valence-electron chi connectivity index (χ4n) is 4.50. The van der Waals surface area contributed by atoms with Crippen LogP contribution >= 0.6 is 0 Å². The minimum absolute atomic E-state index is 0.0256.